The summed E-state index contributed by atoms with van der Waals surface area (Å²) < 4.78 is 0. The zero-order valence-electron chi connectivity index (χ0n) is 8.52. The average molecular weight is 168 g/mol. The van der Waals surface area contributed by atoms with Gasteiger partial charge in [0.05, 0.1) is 0 Å². The molecule has 6 N–H and O–H groups in total. The molecule has 0 fully saturated rings. The van der Waals surface area contributed by atoms with Crippen molar-refractivity contribution in [1.29, 1.82) is 0 Å². The number of rotatable bonds is 0. The zero-order valence-corrected chi connectivity index (χ0v) is 8.52. The minimum Gasteiger partial charge on any atom is -0.412 e. The monoisotopic (exact) mass is 168 g/mol. The highest BCUT2D eigenvalue weighted by atomic mass is 16.0. The third-order valence-electron chi connectivity index (χ3n) is 0. The summed E-state index contributed by atoms with van der Waals surface area (Å²) in [5.41, 5.74) is 5.35. The first-order valence-corrected chi connectivity index (χ1v) is 3.13. The molecule has 0 aromatic carbocycles. The molecule has 0 saturated carbocycles. The summed E-state index contributed by atoms with van der Waals surface area (Å²) in [5.74, 6) is 0. The molecule has 0 aliphatic rings. The molecule has 0 heterocycles. The topological polar surface area (TPSA) is 92.3 Å². The molecule has 0 saturated heterocycles. The maximum atomic E-state index is 5.35. The quantitative estimate of drug-likeness (QED) is 0.516. The van der Waals surface area contributed by atoms with Crippen molar-refractivity contribution in [3.8, 4) is 0 Å². The van der Waals surface area contributed by atoms with E-state index in [0.717, 1.165) is 0 Å². The molecule has 0 unspecified atom stereocenters. The van der Waals surface area contributed by atoms with Gasteiger partial charge >= 0.3 is 0 Å². The van der Waals surface area contributed by atoms with E-state index in [0.29, 0.717) is 0 Å². The van der Waals surface area contributed by atoms with Crippen LogP contribution in [0.15, 0.2) is 0 Å². The fourth-order valence-electron chi connectivity index (χ4n) is 0. The Labute approximate surface area is 70.0 Å². The van der Waals surface area contributed by atoms with Crippen LogP contribution in [0.1, 0.15) is 20.8 Å². The minimum absolute atomic E-state index is 0. The molecular formula is C7H24N2O2. The molecule has 74 valence electrons. The molecule has 0 bridgehead atoms. The summed E-state index contributed by atoms with van der Waals surface area (Å²) in [7, 11) is 6.00. The molecule has 0 radical (unpaired) electrons. The largest absolute Gasteiger partial charge is 0.412 e. The Morgan fingerprint density at radius 1 is 0.909 bits per heavy atom. The fourth-order valence-corrected chi connectivity index (χ4v) is 0. The Kier molecular flexibility index (Phi) is 20.1. The average Bonchev–Trinajstić information content (AvgIpc) is 1.19. The molecule has 0 spiro atoms. The van der Waals surface area contributed by atoms with Gasteiger partial charge in [-0.1, -0.05) is 0 Å². The second-order valence-corrected chi connectivity index (χ2v) is 3.71. The van der Waals surface area contributed by atoms with Crippen molar-refractivity contribution in [2.24, 2.45) is 5.73 Å². The van der Waals surface area contributed by atoms with E-state index < -0.39 is 0 Å². The highest BCUT2D eigenvalue weighted by Crippen LogP contribution is 1.88. The van der Waals surface area contributed by atoms with E-state index in [1.54, 1.807) is 0 Å². The Morgan fingerprint density at radius 2 is 0.909 bits per heavy atom. The van der Waals surface area contributed by atoms with Crippen molar-refractivity contribution in [2.45, 2.75) is 26.3 Å². The summed E-state index contributed by atoms with van der Waals surface area (Å²) in [6.07, 6.45) is 0. The molecular weight excluding hydrogens is 144 g/mol. The van der Waals surface area contributed by atoms with Crippen LogP contribution in [-0.2, 0) is 0 Å². The van der Waals surface area contributed by atoms with Crippen LogP contribution in [0, 0.1) is 0 Å². The van der Waals surface area contributed by atoms with Crippen LogP contribution < -0.4 is 5.73 Å². The van der Waals surface area contributed by atoms with Gasteiger partial charge in [0.15, 0.2) is 0 Å². The second kappa shape index (κ2) is 9.84. The maximum absolute atomic E-state index is 5.35. The summed E-state index contributed by atoms with van der Waals surface area (Å²) in [6.45, 7) is 5.90. The van der Waals surface area contributed by atoms with E-state index in [9.17, 15) is 0 Å². The molecule has 0 aliphatic carbocycles. The minimum atomic E-state index is 0. The molecule has 0 atom stereocenters. The van der Waals surface area contributed by atoms with Gasteiger partial charge in [-0.2, -0.15) is 0 Å². The van der Waals surface area contributed by atoms with Gasteiger partial charge in [0.1, 0.15) is 0 Å². The van der Waals surface area contributed by atoms with E-state index in [-0.39, 0.29) is 16.5 Å². The van der Waals surface area contributed by atoms with Crippen LogP contribution in [-0.4, -0.2) is 42.5 Å². The lowest BCUT2D eigenvalue weighted by atomic mass is 10.1. The highest BCUT2D eigenvalue weighted by Gasteiger charge is 1.95. The van der Waals surface area contributed by atoms with Gasteiger partial charge in [-0.3, -0.25) is 0 Å². The summed E-state index contributed by atoms with van der Waals surface area (Å²) >= 11 is 0. The SMILES string of the molecule is CC(C)(C)N.CN(C)C.O.O. The van der Waals surface area contributed by atoms with Crippen molar-refractivity contribution in [1.82, 2.24) is 4.90 Å². The number of nitrogens with zero attached hydrogens (tertiary/aromatic N) is 1. The van der Waals surface area contributed by atoms with Crippen molar-refractivity contribution in [2.75, 3.05) is 21.1 Å². The first-order valence-electron chi connectivity index (χ1n) is 3.13. The Hall–Kier alpha value is -0.160. The smallest absolute Gasteiger partial charge is 0.00686 e. The van der Waals surface area contributed by atoms with Gasteiger partial charge in [-0.05, 0) is 41.9 Å². The summed E-state index contributed by atoms with van der Waals surface area (Å²) in [4.78, 5) is 2.00. The Bertz CT molecular complexity index is 51.2. The van der Waals surface area contributed by atoms with Gasteiger partial charge < -0.3 is 21.6 Å². The van der Waals surface area contributed by atoms with Crippen LogP contribution in [0.2, 0.25) is 0 Å². The molecule has 0 amide bonds. The number of hydrogen-bond donors (Lipinski definition) is 1. The molecule has 4 nitrogen and oxygen atoms in total. The predicted molar refractivity (Wildman–Crippen MR) is 50.8 cm³/mol. The number of nitrogens with two attached hydrogens (primary N) is 1. The third kappa shape index (κ3) is 23600. The van der Waals surface area contributed by atoms with Gasteiger partial charge in [0.25, 0.3) is 0 Å². The lowest BCUT2D eigenvalue weighted by Gasteiger charge is -2.06. The lowest BCUT2D eigenvalue weighted by molar-refractivity contribution is 0.505. The normalized spacial score (nSPS) is 8.73. The van der Waals surface area contributed by atoms with E-state index in [2.05, 4.69) is 0 Å². The van der Waals surface area contributed by atoms with Crippen LogP contribution in [0.3, 0.4) is 0 Å². The molecule has 4 heteroatoms. The van der Waals surface area contributed by atoms with E-state index in [1.165, 1.54) is 0 Å². The van der Waals surface area contributed by atoms with Gasteiger partial charge in [0, 0.05) is 5.54 Å². The van der Waals surface area contributed by atoms with Crippen LogP contribution in [0.4, 0.5) is 0 Å². The first kappa shape index (κ1) is 22.4. The summed E-state index contributed by atoms with van der Waals surface area (Å²) in [6, 6.07) is 0. The van der Waals surface area contributed by atoms with E-state index in [1.807, 2.05) is 46.8 Å². The standard InChI is InChI=1S/C4H11N.C3H9N.2H2O/c1-4(2,3)5;1-4(2)3;;/h5H2,1-3H3;1-3H3;2*1H2. The molecule has 0 aromatic heterocycles. The van der Waals surface area contributed by atoms with Gasteiger partial charge in [0.2, 0.25) is 0 Å². The van der Waals surface area contributed by atoms with Crippen LogP contribution >= 0.6 is 0 Å². The van der Waals surface area contributed by atoms with Gasteiger partial charge in [-0.25, -0.2) is 0 Å². The molecule has 11 heavy (non-hydrogen) atoms. The van der Waals surface area contributed by atoms with E-state index in [4.69, 9.17) is 5.73 Å². The number of hydrogen-bond acceptors (Lipinski definition) is 2. The Morgan fingerprint density at radius 3 is 0.909 bits per heavy atom. The van der Waals surface area contributed by atoms with E-state index >= 15 is 0 Å². The van der Waals surface area contributed by atoms with Crippen molar-refractivity contribution in [3.63, 3.8) is 0 Å². The van der Waals surface area contributed by atoms with Crippen molar-refractivity contribution >= 4 is 0 Å². The third-order valence-corrected chi connectivity index (χ3v) is 0. The van der Waals surface area contributed by atoms with Crippen LogP contribution in [0.25, 0.3) is 0 Å². The van der Waals surface area contributed by atoms with Crippen molar-refractivity contribution < 1.29 is 11.0 Å². The van der Waals surface area contributed by atoms with Crippen LogP contribution in [0.5, 0.6) is 0 Å². The fraction of sp³-hybridized carbons (Fsp3) is 1.00. The van der Waals surface area contributed by atoms with Gasteiger partial charge in [-0.15, -0.1) is 0 Å². The second-order valence-electron chi connectivity index (χ2n) is 3.71. The molecule has 0 aliphatic heterocycles. The first-order chi connectivity index (χ1) is 3.73. The molecule has 0 aromatic rings. The van der Waals surface area contributed by atoms with Crippen molar-refractivity contribution in [3.05, 3.63) is 0 Å². The molecule has 0 rings (SSSR count). The zero-order chi connectivity index (χ0) is 8.08. The predicted octanol–water partition coefficient (Wildman–Crippen LogP) is -0.728. The highest BCUT2D eigenvalue weighted by molar-refractivity contribution is 4.60. The maximum Gasteiger partial charge on any atom is 0.00686 e. The Balaban J connectivity index is -0.0000000383. The summed E-state index contributed by atoms with van der Waals surface area (Å²) in [5, 5.41) is 0. The lowest BCUT2D eigenvalue weighted by Crippen LogP contribution is -2.26.